The Kier molecular flexibility index (Phi) is 5.27. The fraction of sp³-hybridized carbons (Fsp3) is 0.0800. The number of nitrogens with one attached hydrogen (secondary N) is 1. The molecule has 160 valence electrons. The van der Waals surface area contributed by atoms with Gasteiger partial charge in [-0.3, -0.25) is 0 Å². The number of aromatic nitrogens is 1. The third kappa shape index (κ3) is 3.69. The van der Waals surface area contributed by atoms with Crippen LogP contribution in [0.1, 0.15) is 22.9 Å². The van der Waals surface area contributed by atoms with Crippen molar-refractivity contribution in [3.05, 3.63) is 118 Å². The number of nitrogens with zero attached hydrogens (tertiary/aromatic N) is 2. The average molecular weight is 494 g/mol. The molecule has 1 aliphatic heterocycles. The lowest BCUT2D eigenvalue weighted by Gasteiger charge is -2.31. The number of carbonyl (C=O) groups is 1. The maximum atomic E-state index is 14.2. The summed E-state index contributed by atoms with van der Waals surface area (Å²) in [6, 6.07) is 21.1. The normalized spacial score (nSPS) is 15.0. The lowest BCUT2D eigenvalue weighted by Crippen LogP contribution is -2.38. The summed E-state index contributed by atoms with van der Waals surface area (Å²) in [5.74, 6) is -1.38. The Labute approximate surface area is 192 Å². The zero-order valence-corrected chi connectivity index (χ0v) is 18.4. The first kappa shape index (κ1) is 20.5. The van der Waals surface area contributed by atoms with Gasteiger partial charge in [-0.25, -0.2) is 13.6 Å². The van der Waals surface area contributed by atoms with Crippen molar-refractivity contribution in [1.82, 2.24) is 9.47 Å². The predicted molar refractivity (Wildman–Crippen MR) is 123 cm³/mol. The Morgan fingerprint density at radius 2 is 1.66 bits per heavy atom. The molecule has 0 aliphatic carbocycles. The number of rotatable bonds is 2. The second kappa shape index (κ2) is 8.24. The summed E-state index contributed by atoms with van der Waals surface area (Å²) < 4.78 is 31.1. The molecule has 1 N–H and O–H groups in total. The highest BCUT2D eigenvalue weighted by Crippen LogP contribution is 2.37. The number of para-hydroxylation sites is 2. The lowest BCUT2D eigenvalue weighted by atomic mass is 10.0. The molecule has 1 aromatic heterocycles. The molecule has 0 saturated heterocycles. The van der Waals surface area contributed by atoms with Crippen LogP contribution in [0.4, 0.5) is 19.3 Å². The zero-order valence-electron chi connectivity index (χ0n) is 16.8. The van der Waals surface area contributed by atoms with E-state index in [9.17, 15) is 13.6 Å². The number of fused-ring (bicyclic) bond motifs is 3. The molecule has 0 fully saturated rings. The van der Waals surface area contributed by atoms with Crippen molar-refractivity contribution < 1.29 is 13.6 Å². The van der Waals surface area contributed by atoms with Crippen LogP contribution in [0.3, 0.4) is 0 Å². The Hall–Kier alpha value is -3.45. The van der Waals surface area contributed by atoms with Gasteiger partial charge in [0.05, 0.1) is 24.0 Å². The number of urea groups is 1. The molecule has 7 heteroatoms. The van der Waals surface area contributed by atoms with Crippen LogP contribution < -0.4 is 5.32 Å². The number of halogens is 3. The van der Waals surface area contributed by atoms with Crippen molar-refractivity contribution in [1.29, 1.82) is 0 Å². The summed E-state index contributed by atoms with van der Waals surface area (Å²) in [6.45, 7) is 0.261. The summed E-state index contributed by atoms with van der Waals surface area (Å²) in [5.41, 5.74) is 3.55. The third-order valence-corrected chi connectivity index (χ3v) is 6.23. The molecular formula is C25H18BrF2N3O. The smallest absolute Gasteiger partial charge is 0.318 e. The van der Waals surface area contributed by atoms with E-state index < -0.39 is 17.7 Å². The van der Waals surface area contributed by atoms with Gasteiger partial charge < -0.3 is 14.8 Å². The van der Waals surface area contributed by atoms with E-state index in [0.717, 1.165) is 27.5 Å². The Balaban J connectivity index is 1.67. The molecule has 0 spiro atoms. The summed E-state index contributed by atoms with van der Waals surface area (Å²) in [5, 5.41) is 2.93. The Bertz CT molecular complexity index is 1300. The van der Waals surface area contributed by atoms with Crippen LogP contribution in [0.2, 0.25) is 0 Å². The van der Waals surface area contributed by atoms with Crippen LogP contribution >= 0.6 is 15.9 Å². The first-order valence-electron chi connectivity index (χ1n) is 10.0. The highest BCUT2D eigenvalue weighted by Gasteiger charge is 2.33. The second-order valence-electron chi connectivity index (χ2n) is 7.57. The van der Waals surface area contributed by atoms with Crippen molar-refractivity contribution in [3.8, 4) is 5.69 Å². The van der Waals surface area contributed by atoms with Crippen LogP contribution in [0.25, 0.3) is 5.69 Å². The van der Waals surface area contributed by atoms with Gasteiger partial charge in [0.25, 0.3) is 0 Å². The number of hydrogen-bond donors (Lipinski definition) is 1. The predicted octanol–water partition coefficient (Wildman–Crippen LogP) is 6.66. The minimum Gasteiger partial charge on any atom is -0.318 e. The van der Waals surface area contributed by atoms with Gasteiger partial charge in [-0.2, -0.15) is 0 Å². The maximum Gasteiger partial charge on any atom is 0.323 e. The van der Waals surface area contributed by atoms with Crippen molar-refractivity contribution in [3.63, 3.8) is 0 Å². The molecule has 2 heterocycles. The molecule has 0 bridgehead atoms. The van der Waals surface area contributed by atoms with Crippen molar-refractivity contribution in [2.75, 3.05) is 5.32 Å². The molecule has 0 saturated carbocycles. The second-order valence-corrected chi connectivity index (χ2v) is 8.43. The summed E-state index contributed by atoms with van der Waals surface area (Å²) in [6.07, 6.45) is 1.89. The van der Waals surface area contributed by atoms with Crippen LogP contribution in [0.15, 0.2) is 89.5 Å². The van der Waals surface area contributed by atoms with Gasteiger partial charge in [0, 0.05) is 22.4 Å². The number of anilines is 1. The SMILES string of the molecule is O=C(Nc1ccccc1Br)N1Cc2ccccc2-n2cccc2[C@H]1c1cc(F)cc(F)c1. The fourth-order valence-electron chi connectivity index (χ4n) is 4.17. The quantitative estimate of drug-likeness (QED) is 0.333. The maximum absolute atomic E-state index is 14.2. The van der Waals surface area contributed by atoms with Gasteiger partial charge in [-0.15, -0.1) is 0 Å². The van der Waals surface area contributed by atoms with Crippen molar-refractivity contribution in [2.45, 2.75) is 12.6 Å². The van der Waals surface area contributed by atoms with E-state index in [1.165, 1.54) is 12.1 Å². The van der Waals surface area contributed by atoms with Crippen molar-refractivity contribution >= 4 is 27.6 Å². The molecule has 1 aliphatic rings. The van der Waals surface area contributed by atoms with E-state index in [4.69, 9.17) is 0 Å². The van der Waals surface area contributed by atoms with Crippen LogP contribution in [0.5, 0.6) is 0 Å². The topological polar surface area (TPSA) is 37.3 Å². The summed E-state index contributed by atoms with van der Waals surface area (Å²) in [7, 11) is 0. The van der Waals surface area contributed by atoms with E-state index in [1.54, 1.807) is 11.0 Å². The largest absolute Gasteiger partial charge is 0.323 e. The molecule has 2 amide bonds. The first-order chi connectivity index (χ1) is 15.5. The summed E-state index contributed by atoms with van der Waals surface area (Å²) >= 11 is 3.45. The van der Waals surface area contributed by atoms with Gasteiger partial charge in [0.2, 0.25) is 0 Å². The fourth-order valence-corrected chi connectivity index (χ4v) is 4.56. The van der Waals surface area contributed by atoms with Crippen LogP contribution in [0, 0.1) is 11.6 Å². The minimum absolute atomic E-state index is 0.261. The highest BCUT2D eigenvalue weighted by molar-refractivity contribution is 9.10. The van der Waals surface area contributed by atoms with E-state index in [1.807, 2.05) is 65.4 Å². The Morgan fingerprint density at radius 3 is 2.44 bits per heavy atom. The van der Waals surface area contributed by atoms with E-state index in [-0.39, 0.29) is 12.6 Å². The lowest BCUT2D eigenvalue weighted by molar-refractivity contribution is 0.194. The molecule has 0 radical (unpaired) electrons. The van der Waals surface area contributed by atoms with E-state index in [0.29, 0.717) is 11.3 Å². The molecule has 0 unspecified atom stereocenters. The Morgan fingerprint density at radius 1 is 0.938 bits per heavy atom. The molecular weight excluding hydrogens is 476 g/mol. The molecule has 5 rings (SSSR count). The number of benzene rings is 3. The average Bonchev–Trinajstić information content (AvgIpc) is 3.18. The van der Waals surface area contributed by atoms with Gasteiger partial charge >= 0.3 is 6.03 Å². The zero-order chi connectivity index (χ0) is 22.2. The number of amides is 2. The first-order valence-corrected chi connectivity index (χ1v) is 10.8. The third-order valence-electron chi connectivity index (χ3n) is 5.54. The molecule has 32 heavy (non-hydrogen) atoms. The minimum atomic E-state index is -0.704. The molecule has 1 atom stereocenters. The molecule has 4 aromatic rings. The number of hydrogen-bond acceptors (Lipinski definition) is 1. The standard InChI is InChI=1S/C25H18BrF2N3O/c26-20-7-2-3-8-21(20)29-25(32)31-15-16-6-1-4-9-22(16)30-11-5-10-23(30)24(31)17-12-18(27)14-19(28)13-17/h1-14,24H,15H2,(H,29,32)/t24-/m1/s1. The van der Waals surface area contributed by atoms with Crippen LogP contribution in [-0.2, 0) is 6.54 Å². The van der Waals surface area contributed by atoms with E-state index >= 15 is 0 Å². The van der Waals surface area contributed by atoms with Gasteiger partial charge in [0.1, 0.15) is 11.6 Å². The molecule has 3 aromatic carbocycles. The summed E-state index contributed by atoms with van der Waals surface area (Å²) in [4.78, 5) is 15.2. The molecule has 4 nitrogen and oxygen atoms in total. The monoisotopic (exact) mass is 493 g/mol. The number of carbonyl (C=O) groups excluding carboxylic acids is 1. The van der Waals surface area contributed by atoms with Crippen molar-refractivity contribution in [2.24, 2.45) is 0 Å². The van der Waals surface area contributed by atoms with Gasteiger partial charge in [0.15, 0.2) is 0 Å². The highest BCUT2D eigenvalue weighted by atomic mass is 79.9. The van der Waals surface area contributed by atoms with Gasteiger partial charge in [-0.05, 0) is 69.5 Å². The van der Waals surface area contributed by atoms with E-state index in [2.05, 4.69) is 21.2 Å². The van der Waals surface area contributed by atoms with Crippen LogP contribution in [-0.4, -0.2) is 15.5 Å². The van der Waals surface area contributed by atoms with Gasteiger partial charge in [-0.1, -0.05) is 30.3 Å².